The minimum absolute atomic E-state index is 0.594. The third kappa shape index (κ3) is 2.97. The fourth-order valence-corrected chi connectivity index (χ4v) is 0.978. The summed E-state index contributed by atoms with van der Waals surface area (Å²) < 4.78 is 5.36. The Kier molecular flexibility index (Phi) is 3.68. The highest BCUT2D eigenvalue weighted by Crippen LogP contribution is 2.16. The van der Waals surface area contributed by atoms with Crippen LogP contribution >= 0.6 is 11.6 Å². The van der Waals surface area contributed by atoms with Gasteiger partial charge in [-0.25, -0.2) is 0 Å². The van der Waals surface area contributed by atoms with E-state index >= 15 is 0 Å². The molecule has 1 aromatic rings. The molecule has 0 aliphatic heterocycles. The van der Waals surface area contributed by atoms with E-state index in [1.54, 1.807) is 6.07 Å². The van der Waals surface area contributed by atoms with Gasteiger partial charge in [-0.05, 0) is 25.1 Å². The predicted molar refractivity (Wildman–Crippen MR) is 51.8 cm³/mol. The summed E-state index contributed by atoms with van der Waals surface area (Å²) in [4.78, 5) is 0. The summed E-state index contributed by atoms with van der Waals surface area (Å²) in [6.07, 6.45) is 3.89. The second-order valence-electron chi connectivity index (χ2n) is 2.34. The molecule has 0 amide bonds. The van der Waals surface area contributed by atoms with Crippen molar-refractivity contribution in [3.63, 3.8) is 0 Å². The molecule has 0 heterocycles. The number of benzene rings is 1. The summed E-state index contributed by atoms with van der Waals surface area (Å²) in [5.41, 5.74) is 0. The monoisotopic (exact) mass is 182 g/mol. The van der Waals surface area contributed by atoms with Crippen molar-refractivity contribution in [1.29, 1.82) is 0 Å². The first-order valence-corrected chi connectivity index (χ1v) is 4.20. The van der Waals surface area contributed by atoms with Crippen molar-refractivity contribution < 1.29 is 4.74 Å². The Bertz CT molecular complexity index is 268. The number of allylic oxidation sites excluding steroid dienone is 1. The van der Waals surface area contributed by atoms with Crippen LogP contribution in [0.25, 0.3) is 0 Å². The van der Waals surface area contributed by atoms with Gasteiger partial charge in [0.15, 0.2) is 0 Å². The molecule has 0 saturated heterocycles. The maximum absolute atomic E-state index is 5.76. The molecule has 0 saturated carbocycles. The minimum atomic E-state index is 0.594. The van der Waals surface area contributed by atoms with Crippen LogP contribution in [0.2, 0.25) is 5.02 Å². The molecule has 0 aliphatic rings. The van der Waals surface area contributed by atoms with Crippen LogP contribution < -0.4 is 4.74 Å². The van der Waals surface area contributed by atoms with E-state index < -0.39 is 0 Å². The standard InChI is InChI=1S/C10H11ClO/c1-2-3-7-12-10-6-4-5-9(11)8-10/h2-6,8H,7H2,1H3/b3-2+. The average molecular weight is 183 g/mol. The molecular formula is C10H11ClO. The van der Waals surface area contributed by atoms with Gasteiger partial charge in [-0.15, -0.1) is 0 Å². The lowest BCUT2D eigenvalue weighted by Crippen LogP contribution is -1.92. The van der Waals surface area contributed by atoms with Crippen molar-refractivity contribution >= 4 is 11.6 Å². The zero-order chi connectivity index (χ0) is 8.81. The largest absolute Gasteiger partial charge is 0.489 e. The molecule has 0 radical (unpaired) electrons. The van der Waals surface area contributed by atoms with Crippen LogP contribution in [0.5, 0.6) is 5.75 Å². The van der Waals surface area contributed by atoms with E-state index in [0.717, 1.165) is 5.75 Å². The Balaban J connectivity index is 2.52. The van der Waals surface area contributed by atoms with Crippen LogP contribution in [-0.2, 0) is 0 Å². The van der Waals surface area contributed by atoms with Crippen LogP contribution in [0.3, 0.4) is 0 Å². The summed E-state index contributed by atoms with van der Waals surface area (Å²) in [7, 11) is 0. The van der Waals surface area contributed by atoms with Crippen LogP contribution in [-0.4, -0.2) is 6.61 Å². The number of ether oxygens (including phenoxy) is 1. The number of rotatable bonds is 3. The maximum atomic E-state index is 5.76. The van der Waals surface area contributed by atoms with Gasteiger partial charge in [0, 0.05) is 5.02 Å². The normalized spacial score (nSPS) is 10.5. The van der Waals surface area contributed by atoms with E-state index in [4.69, 9.17) is 16.3 Å². The first-order valence-electron chi connectivity index (χ1n) is 3.82. The van der Waals surface area contributed by atoms with Gasteiger partial charge in [0.1, 0.15) is 12.4 Å². The summed E-state index contributed by atoms with van der Waals surface area (Å²) in [5, 5.41) is 0.702. The molecule has 12 heavy (non-hydrogen) atoms. The molecule has 0 N–H and O–H groups in total. The molecule has 0 spiro atoms. The van der Waals surface area contributed by atoms with E-state index in [0.29, 0.717) is 11.6 Å². The highest BCUT2D eigenvalue weighted by Gasteiger charge is 1.91. The number of hydrogen-bond acceptors (Lipinski definition) is 1. The average Bonchev–Trinajstić information content (AvgIpc) is 2.05. The Hall–Kier alpha value is -0.950. The molecule has 1 nitrogen and oxygen atoms in total. The van der Waals surface area contributed by atoms with Crippen LogP contribution in [0.4, 0.5) is 0 Å². The second-order valence-corrected chi connectivity index (χ2v) is 2.77. The fraction of sp³-hybridized carbons (Fsp3) is 0.200. The van der Waals surface area contributed by atoms with Crippen molar-refractivity contribution in [3.8, 4) is 5.75 Å². The quantitative estimate of drug-likeness (QED) is 0.652. The van der Waals surface area contributed by atoms with Crippen molar-refractivity contribution in [3.05, 3.63) is 41.4 Å². The Labute approximate surface area is 77.6 Å². The van der Waals surface area contributed by atoms with Crippen LogP contribution in [0.1, 0.15) is 6.92 Å². The lowest BCUT2D eigenvalue weighted by atomic mass is 10.3. The third-order valence-electron chi connectivity index (χ3n) is 1.38. The Morgan fingerprint density at radius 3 is 3.00 bits per heavy atom. The van der Waals surface area contributed by atoms with Crippen molar-refractivity contribution in [2.45, 2.75) is 6.92 Å². The lowest BCUT2D eigenvalue weighted by molar-refractivity contribution is 0.363. The van der Waals surface area contributed by atoms with Crippen LogP contribution in [0.15, 0.2) is 36.4 Å². The zero-order valence-corrected chi connectivity index (χ0v) is 7.71. The summed E-state index contributed by atoms with van der Waals surface area (Å²) in [5.74, 6) is 0.806. The summed E-state index contributed by atoms with van der Waals surface area (Å²) in [6.45, 7) is 2.55. The molecule has 0 fully saturated rings. The fourth-order valence-electron chi connectivity index (χ4n) is 0.797. The highest BCUT2D eigenvalue weighted by atomic mass is 35.5. The van der Waals surface area contributed by atoms with E-state index in [2.05, 4.69) is 0 Å². The molecule has 0 aliphatic carbocycles. The first kappa shape index (κ1) is 9.14. The molecule has 0 aromatic heterocycles. The molecule has 64 valence electrons. The van der Waals surface area contributed by atoms with E-state index in [-0.39, 0.29) is 0 Å². The zero-order valence-electron chi connectivity index (χ0n) is 6.96. The van der Waals surface area contributed by atoms with Gasteiger partial charge in [0.25, 0.3) is 0 Å². The molecule has 0 bridgehead atoms. The maximum Gasteiger partial charge on any atom is 0.121 e. The molecule has 1 rings (SSSR count). The van der Waals surface area contributed by atoms with Crippen molar-refractivity contribution in [2.24, 2.45) is 0 Å². The highest BCUT2D eigenvalue weighted by molar-refractivity contribution is 6.30. The van der Waals surface area contributed by atoms with Crippen molar-refractivity contribution in [2.75, 3.05) is 6.61 Å². The molecular weight excluding hydrogens is 172 g/mol. The van der Waals surface area contributed by atoms with Gasteiger partial charge in [0.05, 0.1) is 0 Å². The van der Waals surface area contributed by atoms with Gasteiger partial charge in [-0.3, -0.25) is 0 Å². The van der Waals surface area contributed by atoms with Gasteiger partial charge in [0.2, 0.25) is 0 Å². The van der Waals surface area contributed by atoms with E-state index in [1.165, 1.54) is 0 Å². The van der Waals surface area contributed by atoms with Crippen LogP contribution in [0, 0.1) is 0 Å². The van der Waals surface area contributed by atoms with Gasteiger partial charge in [-0.1, -0.05) is 29.8 Å². The smallest absolute Gasteiger partial charge is 0.121 e. The van der Waals surface area contributed by atoms with Gasteiger partial charge in [-0.2, -0.15) is 0 Å². The number of hydrogen-bond donors (Lipinski definition) is 0. The van der Waals surface area contributed by atoms with Gasteiger partial charge >= 0.3 is 0 Å². The predicted octanol–water partition coefficient (Wildman–Crippen LogP) is 3.29. The molecule has 0 unspecified atom stereocenters. The van der Waals surface area contributed by atoms with Crippen molar-refractivity contribution in [1.82, 2.24) is 0 Å². The molecule has 1 aromatic carbocycles. The van der Waals surface area contributed by atoms with E-state index in [1.807, 2.05) is 37.3 Å². The first-order chi connectivity index (χ1) is 5.83. The van der Waals surface area contributed by atoms with Gasteiger partial charge < -0.3 is 4.74 Å². The van der Waals surface area contributed by atoms with E-state index in [9.17, 15) is 0 Å². The molecule has 0 atom stereocenters. The SMILES string of the molecule is C/C=C/COc1cccc(Cl)c1. The summed E-state index contributed by atoms with van der Waals surface area (Å²) >= 11 is 5.76. The Morgan fingerprint density at radius 1 is 1.50 bits per heavy atom. The third-order valence-corrected chi connectivity index (χ3v) is 1.61. The number of halogens is 1. The minimum Gasteiger partial charge on any atom is -0.489 e. The Morgan fingerprint density at radius 2 is 2.33 bits per heavy atom. The summed E-state index contributed by atoms with van der Waals surface area (Å²) in [6, 6.07) is 7.37. The molecule has 2 heteroatoms. The topological polar surface area (TPSA) is 9.23 Å². The second kappa shape index (κ2) is 4.83. The lowest BCUT2D eigenvalue weighted by Gasteiger charge is -2.01.